The van der Waals surface area contributed by atoms with E-state index in [4.69, 9.17) is 5.11 Å². The molecule has 1 heterocycles. The fourth-order valence-corrected chi connectivity index (χ4v) is 2.14. The van der Waals surface area contributed by atoms with Crippen LogP contribution in [0.1, 0.15) is 39.0 Å². The lowest BCUT2D eigenvalue weighted by atomic mass is 10.0. The van der Waals surface area contributed by atoms with Crippen LogP contribution in [-0.4, -0.2) is 46.9 Å². The van der Waals surface area contributed by atoms with Crippen molar-refractivity contribution in [2.24, 2.45) is 0 Å². The van der Waals surface area contributed by atoms with Crippen molar-refractivity contribution in [2.45, 2.75) is 45.1 Å². The molecule has 2 amide bonds. The van der Waals surface area contributed by atoms with Crippen molar-refractivity contribution in [3.63, 3.8) is 0 Å². The molecule has 6 nitrogen and oxygen atoms in total. The van der Waals surface area contributed by atoms with Gasteiger partial charge < -0.3 is 15.3 Å². The molecule has 1 fully saturated rings. The minimum absolute atomic E-state index is 0.0207. The van der Waals surface area contributed by atoms with Gasteiger partial charge in [-0.15, -0.1) is 0 Å². The maximum atomic E-state index is 11.9. The van der Waals surface area contributed by atoms with Crippen LogP contribution in [-0.2, 0) is 14.4 Å². The number of carbonyl (C=O) groups is 3. The normalized spacial score (nSPS) is 19.4. The SMILES string of the molecule is CCCC(=O)N1CCCCC1C(=O)NCC(=O)O. The molecule has 0 saturated carbocycles. The molecular weight excluding hydrogens is 236 g/mol. The molecule has 1 aliphatic rings. The Morgan fingerprint density at radius 3 is 2.67 bits per heavy atom. The van der Waals surface area contributed by atoms with Crippen molar-refractivity contribution in [2.75, 3.05) is 13.1 Å². The zero-order valence-corrected chi connectivity index (χ0v) is 10.6. The summed E-state index contributed by atoms with van der Waals surface area (Å²) in [5.41, 5.74) is 0. The van der Waals surface area contributed by atoms with Crippen LogP contribution in [0.2, 0.25) is 0 Å². The lowest BCUT2D eigenvalue weighted by molar-refractivity contribution is -0.143. The molecule has 0 aromatic rings. The van der Waals surface area contributed by atoms with Crippen molar-refractivity contribution < 1.29 is 19.5 Å². The van der Waals surface area contributed by atoms with Gasteiger partial charge in [-0.05, 0) is 25.7 Å². The summed E-state index contributed by atoms with van der Waals surface area (Å²) in [5, 5.41) is 10.9. The van der Waals surface area contributed by atoms with Gasteiger partial charge in [0.05, 0.1) is 0 Å². The van der Waals surface area contributed by atoms with E-state index in [0.717, 1.165) is 19.3 Å². The first-order valence-electron chi connectivity index (χ1n) is 6.35. The second-order valence-corrected chi connectivity index (χ2v) is 4.46. The summed E-state index contributed by atoms with van der Waals surface area (Å²) in [6, 6.07) is -0.503. The fraction of sp³-hybridized carbons (Fsp3) is 0.750. The van der Waals surface area contributed by atoms with Crippen LogP contribution in [0.5, 0.6) is 0 Å². The van der Waals surface area contributed by atoms with E-state index < -0.39 is 18.6 Å². The second kappa shape index (κ2) is 6.98. The molecule has 0 bridgehead atoms. The summed E-state index contributed by atoms with van der Waals surface area (Å²) in [6.07, 6.45) is 3.58. The molecule has 2 N–H and O–H groups in total. The number of likely N-dealkylation sites (tertiary alicyclic amines) is 1. The highest BCUT2D eigenvalue weighted by atomic mass is 16.4. The number of piperidine rings is 1. The zero-order valence-electron chi connectivity index (χ0n) is 10.6. The number of hydrogen-bond acceptors (Lipinski definition) is 3. The monoisotopic (exact) mass is 256 g/mol. The highest BCUT2D eigenvalue weighted by Gasteiger charge is 2.31. The molecule has 1 atom stereocenters. The van der Waals surface area contributed by atoms with E-state index in [-0.39, 0.29) is 11.8 Å². The van der Waals surface area contributed by atoms with Gasteiger partial charge in [0.2, 0.25) is 11.8 Å². The Hall–Kier alpha value is -1.59. The minimum Gasteiger partial charge on any atom is -0.480 e. The van der Waals surface area contributed by atoms with E-state index in [0.29, 0.717) is 19.4 Å². The van der Waals surface area contributed by atoms with Crippen LogP contribution in [0.4, 0.5) is 0 Å². The molecule has 1 saturated heterocycles. The maximum absolute atomic E-state index is 11.9. The lowest BCUT2D eigenvalue weighted by Gasteiger charge is -2.34. The Kier molecular flexibility index (Phi) is 5.61. The largest absolute Gasteiger partial charge is 0.480 e. The first kappa shape index (κ1) is 14.5. The zero-order chi connectivity index (χ0) is 13.5. The third-order valence-electron chi connectivity index (χ3n) is 3.00. The van der Waals surface area contributed by atoms with Gasteiger partial charge in [0.25, 0.3) is 0 Å². The molecule has 0 spiro atoms. The van der Waals surface area contributed by atoms with E-state index in [9.17, 15) is 14.4 Å². The highest BCUT2D eigenvalue weighted by Crippen LogP contribution is 2.18. The molecule has 0 aromatic carbocycles. The number of rotatable bonds is 5. The average Bonchev–Trinajstić information content (AvgIpc) is 2.36. The summed E-state index contributed by atoms with van der Waals surface area (Å²) < 4.78 is 0. The number of amides is 2. The maximum Gasteiger partial charge on any atom is 0.322 e. The quantitative estimate of drug-likeness (QED) is 0.744. The molecule has 6 heteroatoms. The van der Waals surface area contributed by atoms with Crippen molar-refractivity contribution in [1.82, 2.24) is 10.2 Å². The number of nitrogens with one attached hydrogen (secondary N) is 1. The molecule has 0 radical (unpaired) electrons. The van der Waals surface area contributed by atoms with Crippen molar-refractivity contribution >= 4 is 17.8 Å². The number of carboxylic acid groups (broad SMARTS) is 1. The van der Waals surface area contributed by atoms with Crippen LogP contribution in [0, 0.1) is 0 Å². The third kappa shape index (κ3) is 4.01. The van der Waals surface area contributed by atoms with Gasteiger partial charge in [-0.3, -0.25) is 14.4 Å². The number of hydrogen-bond donors (Lipinski definition) is 2. The minimum atomic E-state index is -1.08. The number of carboxylic acids is 1. The Morgan fingerprint density at radius 1 is 1.33 bits per heavy atom. The van der Waals surface area contributed by atoms with Crippen molar-refractivity contribution in [1.29, 1.82) is 0 Å². The van der Waals surface area contributed by atoms with Gasteiger partial charge in [0.1, 0.15) is 12.6 Å². The smallest absolute Gasteiger partial charge is 0.322 e. The summed E-state index contributed by atoms with van der Waals surface area (Å²) in [6.45, 7) is 2.11. The number of nitrogens with zero attached hydrogens (tertiary/aromatic N) is 1. The number of carbonyl (C=O) groups excluding carboxylic acids is 2. The summed E-state index contributed by atoms with van der Waals surface area (Å²) >= 11 is 0. The molecule has 1 unspecified atom stereocenters. The van der Waals surface area contributed by atoms with Gasteiger partial charge in [0.15, 0.2) is 0 Å². The fourth-order valence-electron chi connectivity index (χ4n) is 2.14. The van der Waals surface area contributed by atoms with Gasteiger partial charge in [-0.2, -0.15) is 0 Å². The van der Waals surface area contributed by atoms with Crippen LogP contribution in [0.3, 0.4) is 0 Å². The van der Waals surface area contributed by atoms with Crippen LogP contribution < -0.4 is 5.32 Å². The highest BCUT2D eigenvalue weighted by molar-refractivity contribution is 5.89. The molecule has 0 aliphatic carbocycles. The average molecular weight is 256 g/mol. The van der Waals surface area contributed by atoms with Crippen molar-refractivity contribution in [3.05, 3.63) is 0 Å². The predicted molar refractivity (Wildman–Crippen MR) is 64.9 cm³/mol. The molecule has 0 aromatic heterocycles. The van der Waals surface area contributed by atoms with E-state index in [1.54, 1.807) is 4.90 Å². The predicted octanol–water partition coefficient (Wildman–Crippen LogP) is 0.368. The van der Waals surface area contributed by atoms with Crippen LogP contribution in [0.25, 0.3) is 0 Å². The summed E-state index contributed by atoms with van der Waals surface area (Å²) in [5.74, 6) is -1.46. The Bertz CT molecular complexity index is 330. The molecule has 18 heavy (non-hydrogen) atoms. The topological polar surface area (TPSA) is 86.7 Å². The van der Waals surface area contributed by atoms with Crippen LogP contribution >= 0.6 is 0 Å². The molecule has 1 aliphatic heterocycles. The molecule has 102 valence electrons. The van der Waals surface area contributed by atoms with Gasteiger partial charge >= 0.3 is 5.97 Å². The van der Waals surface area contributed by atoms with E-state index in [2.05, 4.69) is 5.32 Å². The summed E-state index contributed by atoms with van der Waals surface area (Å²) in [7, 11) is 0. The Balaban J connectivity index is 2.60. The molecule has 1 rings (SSSR count). The van der Waals surface area contributed by atoms with Crippen molar-refractivity contribution in [3.8, 4) is 0 Å². The third-order valence-corrected chi connectivity index (χ3v) is 3.00. The number of aliphatic carboxylic acids is 1. The van der Waals surface area contributed by atoms with E-state index in [1.807, 2.05) is 6.92 Å². The Morgan fingerprint density at radius 2 is 2.06 bits per heavy atom. The van der Waals surface area contributed by atoms with Gasteiger partial charge in [-0.25, -0.2) is 0 Å². The summed E-state index contributed by atoms with van der Waals surface area (Å²) in [4.78, 5) is 35.7. The standard InChI is InChI=1S/C12H20N2O4/c1-2-5-10(15)14-7-4-3-6-9(14)12(18)13-8-11(16)17/h9H,2-8H2,1H3,(H,13,18)(H,16,17). The molecular formula is C12H20N2O4. The van der Waals surface area contributed by atoms with Gasteiger partial charge in [0, 0.05) is 13.0 Å². The Labute approximate surface area is 106 Å². The van der Waals surface area contributed by atoms with E-state index >= 15 is 0 Å². The first-order valence-corrected chi connectivity index (χ1v) is 6.35. The van der Waals surface area contributed by atoms with Crippen LogP contribution in [0.15, 0.2) is 0 Å². The lowest BCUT2D eigenvalue weighted by Crippen LogP contribution is -2.52. The van der Waals surface area contributed by atoms with E-state index in [1.165, 1.54) is 0 Å². The first-order chi connectivity index (χ1) is 8.56. The second-order valence-electron chi connectivity index (χ2n) is 4.46. The van der Waals surface area contributed by atoms with Gasteiger partial charge in [-0.1, -0.05) is 6.92 Å².